The fourth-order valence-electron chi connectivity index (χ4n) is 2.11. The minimum absolute atomic E-state index is 0.0414. The molecule has 105 valence electrons. The number of hydrogen-bond acceptors (Lipinski definition) is 5. The second-order valence-electron chi connectivity index (χ2n) is 5.57. The normalized spacial score (nSPS) is 16.3. The molecule has 19 heavy (non-hydrogen) atoms. The van der Waals surface area contributed by atoms with Gasteiger partial charge in [0.1, 0.15) is 0 Å². The fourth-order valence-corrected chi connectivity index (χ4v) is 2.97. The highest BCUT2D eigenvalue weighted by molar-refractivity contribution is 7.91. The number of sulfone groups is 1. The van der Waals surface area contributed by atoms with Gasteiger partial charge in [-0.15, -0.1) is 0 Å². The first kappa shape index (κ1) is 14.4. The molecule has 0 fully saturated rings. The van der Waals surface area contributed by atoms with Gasteiger partial charge in [0.2, 0.25) is 15.0 Å². The third kappa shape index (κ3) is 2.95. The van der Waals surface area contributed by atoms with E-state index in [2.05, 4.69) is 28.7 Å². The van der Waals surface area contributed by atoms with Crippen molar-refractivity contribution >= 4 is 9.84 Å². The predicted molar refractivity (Wildman–Crippen MR) is 73.1 cm³/mol. The van der Waals surface area contributed by atoms with Crippen molar-refractivity contribution in [2.45, 2.75) is 51.2 Å². The Kier molecular flexibility index (Phi) is 3.92. The molecule has 5 nitrogen and oxygen atoms in total. The second-order valence-corrected chi connectivity index (χ2v) is 7.97. The van der Waals surface area contributed by atoms with Crippen molar-refractivity contribution in [3.8, 4) is 0 Å². The summed E-state index contributed by atoms with van der Waals surface area (Å²) in [6.45, 7) is 9.86. The number of hydrogen-bond donors (Lipinski definition) is 0. The quantitative estimate of drug-likeness (QED) is 0.785. The summed E-state index contributed by atoms with van der Waals surface area (Å²) in [5.74, 6) is 1.33. The van der Waals surface area contributed by atoms with E-state index in [0.29, 0.717) is 6.54 Å². The molecule has 0 unspecified atom stereocenters. The molecule has 1 aliphatic heterocycles. The van der Waals surface area contributed by atoms with Crippen LogP contribution in [-0.2, 0) is 22.9 Å². The van der Waals surface area contributed by atoms with Crippen molar-refractivity contribution in [1.82, 2.24) is 14.9 Å². The maximum absolute atomic E-state index is 12.0. The Morgan fingerprint density at radius 1 is 1.37 bits per heavy atom. The van der Waals surface area contributed by atoms with Crippen molar-refractivity contribution < 1.29 is 8.42 Å². The van der Waals surface area contributed by atoms with Gasteiger partial charge in [-0.3, -0.25) is 4.90 Å². The monoisotopic (exact) mass is 282 g/mol. The van der Waals surface area contributed by atoms with Crippen molar-refractivity contribution in [1.29, 1.82) is 0 Å². The summed E-state index contributed by atoms with van der Waals surface area (Å²) >= 11 is 0. The Morgan fingerprint density at radius 2 is 2.05 bits per heavy atom. The Hall–Kier alpha value is -1.01. The smallest absolute Gasteiger partial charge is 0.247 e. The van der Waals surface area contributed by atoms with Gasteiger partial charge in [-0.05, 0) is 19.8 Å². The van der Waals surface area contributed by atoms with Crippen LogP contribution in [0.2, 0.25) is 0 Å². The minimum atomic E-state index is -3.38. The van der Waals surface area contributed by atoms with E-state index in [1.807, 2.05) is 0 Å². The summed E-state index contributed by atoms with van der Waals surface area (Å²) in [6, 6.07) is 0. The van der Waals surface area contributed by atoms with Crippen molar-refractivity contribution in [2.75, 3.05) is 6.54 Å². The summed E-state index contributed by atoms with van der Waals surface area (Å²) in [6.07, 6.45) is 1.66. The minimum Gasteiger partial charge on any atom is -0.293 e. The van der Waals surface area contributed by atoms with Crippen molar-refractivity contribution in [2.24, 2.45) is 0 Å². The van der Waals surface area contributed by atoms with Gasteiger partial charge in [-0.1, -0.05) is 13.8 Å². The molecule has 0 bridgehead atoms. The van der Waals surface area contributed by atoms with Gasteiger partial charge >= 0.3 is 0 Å². The topological polar surface area (TPSA) is 63.2 Å². The molecule has 0 amide bonds. The molecular weight excluding hydrogens is 262 g/mol. The van der Waals surface area contributed by atoms with Gasteiger partial charge in [0.05, 0.1) is 10.9 Å². The van der Waals surface area contributed by atoms with Crippen molar-refractivity contribution in [3.63, 3.8) is 0 Å². The van der Waals surface area contributed by atoms with Crippen LogP contribution >= 0.6 is 0 Å². The van der Waals surface area contributed by atoms with Crippen LogP contribution in [0.3, 0.4) is 0 Å². The third-order valence-corrected chi connectivity index (χ3v) is 5.06. The maximum Gasteiger partial charge on any atom is 0.247 e. The van der Waals surface area contributed by atoms with Gasteiger partial charge in [-0.25, -0.2) is 18.4 Å². The lowest BCUT2D eigenvalue weighted by atomic mass is 10.2. The lowest BCUT2D eigenvalue weighted by Gasteiger charge is -2.16. The summed E-state index contributed by atoms with van der Waals surface area (Å²) < 4.78 is 24.1. The molecule has 1 aromatic heterocycles. The molecule has 1 aliphatic rings. The van der Waals surface area contributed by atoms with Crippen LogP contribution in [-0.4, -0.2) is 35.1 Å². The van der Waals surface area contributed by atoms with E-state index in [1.165, 1.54) is 5.92 Å². The first-order valence-electron chi connectivity index (χ1n) is 6.40. The van der Waals surface area contributed by atoms with Gasteiger partial charge in [0, 0.05) is 31.4 Å². The molecule has 0 aromatic carbocycles. The lowest BCUT2D eigenvalue weighted by Crippen LogP contribution is -2.20. The van der Waals surface area contributed by atoms with Gasteiger partial charge < -0.3 is 0 Å². The van der Waals surface area contributed by atoms with Gasteiger partial charge in [-0.2, -0.15) is 0 Å². The zero-order chi connectivity index (χ0) is 14.2. The molecule has 2 rings (SSSR count). The molecule has 0 saturated heterocycles. The van der Waals surface area contributed by atoms with Gasteiger partial charge in [0.15, 0.2) is 0 Å². The van der Waals surface area contributed by atoms with Crippen LogP contribution in [0.1, 0.15) is 39.0 Å². The molecule has 6 heteroatoms. The first-order chi connectivity index (χ1) is 8.80. The molecule has 2 heterocycles. The number of nitrogens with zero attached hydrogens (tertiary/aromatic N) is 3. The van der Waals surface area contributed by atoms with Crippen LogP contribution in [0.25, 0.3) is 0 Å². The van der Waals surface area contributed by atoms with E-state index in [9.17, 15) is 8.42 Å². The first-order valence-corrected chi connectivity index (χ1v) is 7.95. The zero-order valence-corrected chi connectivity index (χ0v) is 12.7. The summed E-state index contributed by atoms with van der Waals surface area (Å²) in [4.78, 5) is 10.5. The molecule has 0 N–H and O–H groups in total. The second kappa shape index (κ2) is 5.17. The number of rotatable bonds is 4. The van der Waals surface area contributed by atoms with Crippen molar-refractivity contribution in [3.05, 3.63) is 23.4 Å². The van der Waals surface area contributed by atoms with E-state index in [1.54, 1.807) is 20.0 Å². The number of aromatic nitrogens is 2. The lowest BCUT2D eigenvalue weighted by molar-refractivity contribution is 0.294. The Morgan fingerprint density at radius 3 is 2.63 bits per heavy atom. The third-order valence-electron chi connectivity index (χ3n) is 3.11. The van der Waals surface area contributed by atoms with E-state index < -0.39 is 15.1 Å². The molecule has 0 spiro atoms. The van der Waals surface area contributed by atoms with E-state index in [4.69, 9.17) is 0 Å². The highest BCUT2D eigenvalue weighted by Gasteiger charge is 2.27. The maximum atomic E-state index is 12.0. The Bertz CT molecular complexity index is 567. The molecule has 1 radical (unpaired) electrons. The zero-order valence-electron chi connectivity index (χ0n) is 11.8. The van der Waals surface area contributed by atoms with Gasteiger partial charge in [0.25, 0.3) is 0 Å². The summed E-state index contributed by atoms with van der Waals surface area (Å²) in [5.41, 5.74) is 1.87. The van der Waals surface area contributed by atoms with Crippen LogP contribution in [0, 0.1) is 5.92 Å². The fraction of sp³-hybridized carbons (Fsp3) is 0.615. The predicted octanol–water partition coefficient (Wildman–Crippen LogP) is 1.59. The van der Waals surface area contributed by atoms with Crippen LogP contribution in [0.5, 0.6) is 0 Å². The average Bonchev–Trinajstić information content (AvgIpc) is 2.68. The van der Waals surface area contributed by atoms with Crippen LogP contribution < -0.4 is 0 Å². The Balaban J connectivity index is 2.25. The molecule has 0 atom stereocenters. The molecule has 0 saturated carbocycles. The van der Waals surface area contributed by atoms with E-state index in [-0.39, 0.29) is 5.16 Å². The molecule has 1 aromatic rings. The average molecular weight is 282 g/mol. The standard InChI is InChI=1S/C13H20N3O2S/c1-9(2)6-16-7-11-5-14-13(15-12(11)8-16)19(17,18)10(3)4/h5,10H,6-8H2,1-4H3. The highest BCUT2D eigenvalue weighted by atomic mass is 32.2. The SMILES string of the molecule is C[C](C)CN1Cc2cnc(S(=O)(=O)C(C)C)nc2C1. The van der Waals surface area contributed by atoms with E-state index in [0.717, 1.165) is 24.3 Å². The molecule has 0 aliphatic carbocycles. The van der Waals surface area contributed by atoms with E-state index >= 15 is 0 Å². The van der Waals surface area contributed by atoms with Crippen LogP contribution in [0.15, 0.2) is 11.4 Å². The molecular formula is C13H20N3O2S. The largest absolute Gasteiger partial charge is 0.293 e. The van der Waals surface area contributed by atoms with Crippen LogP contribution in [0.4, 0.5) is 0 Å². The summed E-state index contributed by atoms with van der Waals surface area (Å²) in [5, 5.41) is -0.533. The highest BCUT2D eigenvalue weighted by Crippen LogP contribution is 2.23. The summed E-state index contributed by atoms with van der Waals surface area (Å²) in [7, 11) is -3.38. The Labute approximate surface area is 115 Å². The number of fused-ring (bicyclic) bond motifs is 1.